The van der Waals surface area contributed by atoms with E-state index in [9.17, 15) is 0 Å². The quantitative estimate of drug-likeness (QED) is 0.889. The van der Waals surface area contributed by atoms with Crippen LogP contribution in [0.2, 0.25) is 0 Å². The summed E-state index contributed by atoms with van der Waals surface area (Å²) in [4.78, 5) is 0. The zero-order valence-corrected chi connectivity index (χ0v) is 11.7. The van der Waals surface area contributed by atoms with Crippen LogP contribution in [-0.2, 0) is 11.2 Å². The molecule has 0 saturated carbocycles. The molecule has 1 N–H and O–H groups in total. The van der Waals surface area contributed by atoms with Crippen molar-refractivity contribution >= 4 is 11.8 Å². The largest absolute Gasteiger partial charge is 0.384 e. The maximum Gasteiger partial charge on any atom is 0.210 e. The summed E-state index contributed by atoms with van der Waals surface area (Å²) < 4.78 is 7.10. The van der Waals surface area contributed by atoms with Crippen molar-refractivity contribution in [3.63, 3.8) is 0 Å². The molecular weight excluding hydrogens is 236 g/mol. The van der Waals surface area contributed by atoms with Crippen molar-refractivity contribution in [2.45, 2.75) is 38.4 Å². The van der Waals surface area contributed by atoms with Crippen LogP contribution >= 0.6 is 11.8 Å². The van der Waals surface area contributed by atoms with Gasteiger partial charge in [0.2, 0.25) is 5.16 Å². The summed E-state index contributed by atoms with van der Waals surface area (Å²) in [5.41, 5.74) is 3.74. The lowest BCUT2D eigenvalue weighted by atomic mass is 9.88. The third kappa shape index (κ3) is 2.74. The summed E-state index contributed by atoms with van der Waals surface area (Å²) in [6, 6.07) is 0.428. The van der Waals surface area contributed by atoms with E-state index in [4.69, 9.17) is 4.74 Å². The molecule has 0 aliphatic carbocycles. The second-order valence-corrected chi connectivity index (χ2v) is 6.32. The van der Waals surface area contributed by atoms with Crippen molar-refractivity contribution in [3.8, 4) is 0 Å². The molecule has 5 nitrogen and oxygen atoms in total. The maximum absolute atomic E-state index is 5.08. The fraction of sp³-hybridized carbons (Fsp3) is 0.818. The monoisotopic (exact) mass is 256 g/mol. The molecule has 1 aliphatic heterocycles. The van der Waals surface area contributed by atoms with E-state index in [2.05, 4.69) is 36.4 Å². The molecule has 17 heavy (non-hydrogen) atoms. The Morgan fingerprint density at radius 1 is 1.47 bits per heavy atom. The molecule has 1 aromatic heterocycles. The van der Waals surface area contributed by atoms with Crippen LogP contribution in [0.15, 0.2) is 5.16 Å². The average Bonchev–Trinajstić information content (AvgIpc) is 2.67. The molecule has 2 heterocycles. The van der Waals surface area contributed by atoms with E-state index in [-0.39, 0.29) is 5.41 Å². The van der Waals surface area contributed by atoms with Crippen molar-refractivity contribution in [1.29, 1.82) is 0 Å². The molecule has 1 unspecified atom stereocenters. The molecular formula is C11H20N4OS. The van der Waals surface area contributed by atoms with Gasteiger partial charge in [0.05, 0.1) is 12.6 Å². The lowest BCUT2D eigenvalue weighted by Gasteiger charge is -2.35. The lowest BCUT2D eigenvalue weighted by Crippen LogP contribution is -2.44. The first-order valence-corrected chi connectivity index (χ1v) is 6.83. The molecule has 0 bridgehead atoms. The van der Waals surface area contributed by atoms with Gasteiger partial charge in [-0.2, -0.15) is 0 Å². The number of thioether (sulfide) groups is 1. The van der Waals surface area contributed by atoms with Gasteiger partial charge in [-0.05, 0) is 5.41 Å². The summed E-state index contributed by atoms with van der Waals surface area (Å²) in [7, 11) is 1.70. The number of nitrogens with one attached hydrogen (secondary N) is 1. The molecule has 0 radical (unpaired) electrons. The van der Waals surface area contributed by atoms with Gasteiger partial charge < -0.3 is 10.2 Å². The van der Waals surface area contributed by atoms with Gasteiger partial charge in [0, 0.05) is 19.3 Å². The highest BCUT2D eigenvalue weighted by Gasteiger charge is 2.30. The van der Waals surface area contributed by atoms with E-state index in [0.29, 0.717) is 12.6 Å². The third-order valence-corrected chi connectivity index (χ3v) is 3.96. The topological polar surface area (TPSA) is 52.0 Å². The lowest BCUT2D eigenvalue weighted by molar-refractivity contribution is 0.199. The van der Waals surface area contributed by atoms with E-state index in [1.54, 1.807) is 18.9 Å². The Morgan fingerprint density at radius 3 is 2.88 bits per heavy atom. The van der Waals surface area contributed by atoms with Crippen LogP contribution in [0.1, 0.15) is 26.6 Å². The van der Waals surface area contributed by atoms with Crippen LogP contribution in [0.3, 0.4) is 0 Å². The Labute approximate surface area is 106 Å². The maximum atomic E-state index is 5.08. The predicted molar refractivity (Wildman–Crippen MR) is 68.9 cm³/mol. The predicted octanol–water partition coefficient (Wildman–Crippen LogP) is 1.53. The minimum atomic E-state index is 0.230. The SMILES string of the molecule is COCCc1nnc2n1NC(C(C)(C)C)CS2. The Balaban J connectivity index is 2.14. The van der Waals surface area contributed by atoms with Crippen LogP contribution in [0.5, 0.6) is 0 Å². The van der Waals surface area contributed by atoms with Gasteiger partial charge in [0.25, 0.3) is 0 Å². The van der Waals surface area contributed by atoms with Gasteiger partial charge in [0.1, 0.15) is 0 Å². The highest BCUT2D eigenvalue weighted by atomic mass is 32.2. The minimum Gasteiger partial charge on any atom is -0.384 e. The molecule has 0 amide bonds. The highest BCUT2D eigenvalue weighted by Crippen LogP contribution is 2.30. The zero-order chi connectivity index (χ0) is 12.5. The Hall–Kier alpha value is -0.750. The summed E-state index contributed by atoms with van der Waals surface area (Å²) in [6.07, 6.45) is 0.786. The standard InChI is InChI=1S/C11H20N4OS/c1-11(2,3)8-7-17-10-13-12-9(5-6-16-4)15(10)14-8/h8,14H,5-7H2,1-4H3. The van der Waals surface area contributed by atoms with Gasteiger partial charge >= 0.3 is 0 Å². The molecule has 96 valence electrons. The number of aromatic nitrogens is 3. The van der Waals surface area contributed by atoms with E-state index in [1.165, 1.54) is 0 Å². The number of methoxy groups -OCH3 is 1. The van der Waals surface area contributed by atoms with Crippen LogP contribution in [0.4, 0.5) is 0 Å². The molecule has 2 rings (SSSR count). The molecule has 1 aromatic rings. The van der Waals surface area contributed by atoms with Crippen molar-refractivity contribution in [2.24, 2.45) is 5.41 Å². The van der Waals surface area contributed by atoms with Crippen molar-refractivity contribution in [2.75, 3.05) is 24.9 Å². The number of nitrogens with zero attached hydrogens (tertiary/aromatic N) is 3. The molecule has 1 atom stereocenters. The Morgan fingerprint density at radius 2 is 2.24 bits per heavy atom. The molecule has 0 aromatic carbocycles. The molecule has 6 heteroatoms. The first kappa shape index (κ1) is 12.7. The smallest absolute Gasteiger partial charge is 0.210 e. The molecule has 0 fully saturated rings. The summed E-state index contributed by atoms with van der Waals surface area (Å²) in [5, 5.41) is 9.34. The summed E-state index contributed by atoms with van der Waals surface area (Å²) >= 11 is 1.76. The molecule has 1 aliphatic rings. The fourth-order valence-electron chi connectivity index (χ4n) is 1.67. The van der Waals surface area contributed by atoms with Crippen LogP contribution < -0.4 is 5.43 Å². The van der Waals surface area contributed by atoms with Crippen molar-refractivity contribution in [1.82, 2.24) is 14.9 Å². The van der Waals surface area contributed by atoms with E-state index in [0.717, 1.165) is 23.2 Å². The normalized spacial score (nSPS) is 19.9. The minimum absolute atomic E-state index is 0.230. The van der Waals surface area contributed by atoms with Gasteiger partial charge in [-0.15, -0.1) is 10.2 Å². The van der Waals surface area contributed by atoms with Gasteiger partial charge in [0.15, 0.2) is 5.82 Å². The first-order chi connectivity index (χ1) is 8.02. The van der Waals surface area contributed by atoms with Crippen molar-refractivity contribution < 1.29 is 4.74 Å². The molecule has 0 spiro atoms. The van der Waals surface area contributed by atoms with Gasteiger partial charge in [-0.3, -0.25) is 0 Å². The second kappa shape index (κ2) is 4.86. The number of fused-ring (bicyclic) bond motifs is 1. The van der Waals surface area contributed by atoms with Crippen LogP contribution in [-0.4, -0.2) is 40.4 Å². The number of hydrogen-bond acceptors (Lipinski definition) is 5. The Kier molecular flexibility index (Phi) is 3.63. The summed E-state index contributed by atoms with van der Waals surface area (Å²) in [5.74, 6) is 1.98. The zero-order valence-electron chi connectivity index (χ0n) is 10.9. The number of rotatable bonds is 3. The first-order valence-electron chi connectivity index (χ1n) is 5.85. The molecule has 0 saturated heterocycles. The highest BCUT2D eigenvalue weighted by molar-refractivity contribution is 7.99. The second-order valence-electron chi connectivity index (χ2n) is 5.34. The Bertz CT molecular complexity index is 385. The van der Waals surface area contributed by atoms with Gasteiger partial charge in [-0.25, -0.2) is 4.68 Å². The van der Waals surface area contributed by atoms with Gasteiger partial charge in [-0.1, -0.05) is 32.5 Å². The number of hydrogen-bond donors (Lipinski definition) is 1. The van der Waals surface area contributed by atoms with E-state index < -0.39 is 0 Å². The average molecular weight is 256 g/mol. The summed E-state index contributed by atoms with van der Waals surface area (Å²) in [6.45, 7) is 7.41. The van der Waals surface area contributed by atoms with Crippen LogP contribution in [0.25, 0.3) is 0 Å². The van der Waals surface area contributed by atoms with E-state index in [1.807, 2.05) is 4.68 Å². The number of ether oxygens (including phenoxy) is 1. The van der Waals surface area contributed by atoms with Crippen LogP contribution in [0, 0.1) is 5.41 Å². The third-order valence-electron chi connectivity index (χ3n) is 2.94. The van der Waals surface area contributed by atoms with E-state index >= 15 is 0 Å². The fourth-order valence-corrected chi connectivity index (χ4v) is 2.95. The van der Waals surface area contributed by atoms with Crippen molar-refractivity contribution in [3.05, 3.63) is 5.82 Å².